The van der Waals surface area contributed by atoms with Crippen molar-refractivity contribution < 1.29 is 0 Å². The zero-order chi connectivity index (χ0) is 11.7. The maximum atomic E-state index is 4.01. The van der Waals surface area contributed by atoms with Crippen LogP contribution in [0.1, 0.15) is 42.3 Å². The number of aromatic amines is 1. The van der Waals surface area contributed by atoms with E-state index in [1.165, 1.54) is 23.3 Å². The molecule has 0 saturated heterocycles. The molecule has 2 aromatic rings. The first-order valence-electron chi connectivity index (χ1n) is 6.12. The second-order valence-electron chi connectivity index (χ2n) is 4.75. The second-order valence-corrected chi connectivity index (χ2v) is 5.73. The SMILES string of the molecule is CC(NC(c1cccs1)C1CC1)c1cn[nH]c1. The molecule has 3 nitrogen and oxygen atoms in total. The summed E-state index contributed by atoms with van der Waals surface area (Å²) in [6, 6.07) is 5.24. The number of rotatable bonds is 5. The zero-order valence-corrected chi connectivity index (χ0v) is 10.7. The number of hydrogen-bond donors (Lipinski definition) is 2. The molecule has 0 aliphatic heterocycles. The lowest BCUT2D eigenvalue weighted by molar-refractivity contribution is 0.433. The Bertz CT molecular complexity index is 445. The molecular weight excluding hydrogens is 230 g/mol. The van der Waals surface area contributed by atoms with Crippen molar-refractivity contribution in [1.82, 2.24) is 15.5 Å². The van der Waals surface area contributed by atoms with Gasteiger partial charge in [0.25, 0.3) is 0 Å². The van der Waals surface area contributed by atoms with Crippen LogP contribution in [0.5, 0.6) is 0 Å². The molecule has 2 aromatic heterocycles. The number of aromatic nitrogens is 2. The molecule has 1 aliphatic rings. The van der Waals surface area contributed by atoms with Crippen molar-refractivity contribution in [3.05, 3.63) is 40.3 Å². The Morgan fingerprint density at radius 3 is 3.00 bits per heavy atom. The van der Waals surface area contributed by atoms with Crippen LogP contribution >= 0.6 is 11.3 Å². The van der Waals surface area contributed by atoms with Crippen LogP contribution in [0.3, 0.4) is 0 Å². The van der Waals surface area contributed by atoms with Crippen LogP contribution in [0.25, 0.3) is 0 Å². The first-order chi connectivity index (χ1) is 8.34. The van der Waals surface area contributed by atoms with Gasteiger partial charge in [0.1, 0.15) is 0 Å². The summed E-state index contributed by atoms with van der Waals surface area (Å²) in [6.07, 6.45) is 6.58. The molecule has 1 fully saturated rings. The number of thiophene rings is 1. The summed E-state index contributed by atoms with van der Waals surface area (Å²) in [6.45, 7) is 2.20. The molecule has 2 heterocycles. The van der Waals surface area contributed by atoms with E-state index in [-0.39, 0.29) is 0 Å². The van der Waals surface area contributed by atoms with Crippen LogP contribution in [0.4, 0.5) is 0 Å². The lowest BCUT2D eigenvalue weighted by atomic mass is 10.1. The van der Waals surface area contributed by atoms with Gasteiger partial charge in [0.2, 0.25) is 0 Å². The lowest BCUT2D eigenvalue weighted by Gasteiger charge is -2.21. The van der Waals surface area contributed by atoms with E-state index in [2.05, 4.69) is 40.0 Å². The van der Waals surface area contributed by atoms with Gasteiger partial charge in [-0.1, -0.05) is 6.07 Å². The predicted octanol–water partition coefficient (Wildman–Crippen LogP) is 3.27. The van der Waals surface area contributed by atoms with E-state index in [0.717, 1.165) is 5.92 Å². The van der Waals surface area contributed by atoms with Crippen molar-refractivity contribution >= 4 is 11.3 Å². The molecule has 0 amide bonds. The Morgan fingerprint density at radius 2 is 2.41 bits per heavy atom. The summed E-state index contributed by atoms with van der Waals surface area (Å²) in [4.78, 5) is 1.46. The third-order valence-corrected chi connectivity index (χ3v) is 4.35. The molecular formula is C13H17N3S. The van der Waals surface area contributed by atoms with Crippen molar-refractivity contribution in [2.24, 2.45) is 5.92 Å². The highest BCUT2D eigenvalue weighted by Crippen LogP contribution is 2.43. The van der Waals surface area contributed by atoms with Crippen LogP contribution in [0.15, 0.2) is 29.9 Å². The molecule has 4 heteroatoms. The van der Waals surface area contributed by atoms with Crippen molar-refractivity contribution in [1.29, 1.82) is 0 Å². The molecule has 2 N–H and O–H groups in total. The highest BCUT2D eigenvalue weighted by molar-refractivity contribution is 7.10. The summed E-state index contributed by atoms with van der Waals surface area (Å²) >= 11 is 1.85. The average Bonchev–Trinajstić information content (AvgIpc) is 2.87. The summed E-state index contributed by atoms with van der Waals surface area (Å²) in [5, 5.41) is 12.8. The number of nitrogens with one attached hydrogen (secondary N) is 2. The van der Waals surface area contributed by atoms with Gasteiger partial charge >= 0.3 is 0 Å². The Kier molecular flexibility index (Phi) is 2.99. The van der Waals surface area contributed by atoms with E-state index >= 15 is 0 Å². The number of H-pyrrole nitrogens is 1. The monoisotopic (exact) mass is 247 g/mol. The van der Waals surface area contributed by atoms with Crippen molar-refractivity contribution in [3.63, 3.8) is 0 Å². The standard InChI is InChI=1S/C13H17N3S/c1-9(11-7-14-15-8-11)16-13(10-4-5-10)12-3-2-6-17-12/h2-3,6-10,13,16H,4-5H2,1H3,(H,14,15). The van der Waals surface area contributed by atoms with E-state index in [0.29, 0.717) is 12.1 Å². The smallest absolute Gasteiger partial charge is 0.0534 e. The fraction of sp³-hybridized carbons (Fsp3) is 0.462. The van der Waals surface area contributed by atoms with E-state index in [1.807, 2.05) is 23.7 Å². The van der Waals surface area contributed by atoms with Crippen LogP contribution < -0.4 is 5.32 Å². The van der Waals surface area contributed by atoms with Gasteiger partial charge < -0.3 is 5.32 Å². The van der Waals surface area contributed by atoms with E-state index in [9.17, 15) is 0 Å². The van der Waals surface area contributed by atoms with Crippen LogP contribution in [0.2, 0.25) is 0 Å². The second kappa shape index (κ2) is 4.63. The Hall–Kier alpha value is -1.13. The van der Waals surface area contributed by atoms with Crippen molar-refractivity contribution in [2.45, 2.75) is 31.8 Å². The van der Waals surface area contributed by atoms with Gasteiger partial charge in [-0.05, 0) is 37.1 Å². The lowest BCUT2D eigenvalue weighted by Crippen LogP contribution is -2.25. The van der Waals surface area contributed by atoms with Gasteiger partial charge in [-0.25, -0.2) is 0 Å². The Balaban J connectivity index is 1.73. The molecule has 17 heavy (non-hydrogen) atoms. The molecule has 0 aromatic carbocycles. The largest absolute Gasteiger partial charge is 0.302 e. The van der Waals surface area contributed by atoms with Gasteiger partial charge in [-0.3, -0.25) is 5.10 Å². The van der Waals surface area contributed by atoms with Gasteiger partial charge in [0.15, 0.2) is 0 Å². The van der Waals surface area contributed by atoms with Crippen LogP contribution in [0, 0.1) is 5.92 Å². The molecule has 2 atom stereocenters. The molecule has 1 saturated carbocycles. The highest BCUT2D eigenvalue weighted by Gasteiger charge is 2.33. The number of nitrogens with zero attached hydrogens (tertiary/aromatic N) is 1. The topological polar surface area (TPSA) is 40.7 Å². The fourth-order valence-electron chi connectivity index (χ4n) is 2.21. The summed E-state index contributed by atoms with van der Waals surface area (Å²) in [5.74, 6) is 0.822. The molecule has 0 radical (unpaired) electrons. The Labute approximate surface area is 105 Å². The van der Waals surface area contributed by atoms with Gasteiger partial charge in [-0.15, -0.1) is 11.3 Å². The Morgan fingerprint density at radius 1 is 1.53 bits per heavy atom. The predicted molar refractivity (Wildman–Crippen MR) is 69.9 cm³/mol. The van der Waals surface area contributed by atoms with E-state index in [4.69, 9.17) is 0 Å². The third-order valence-electron chi connectivity index (χ3n) is 3.39. The summed E-state index contributed by atoms with van der Waals surface area (Å²) in [7, 11) is 0. The maximum absolute atomic E-state index is 4.01. The van der Waals surface area contributed by atoms with Gasteiger partial charge in [0.05, 0.1) is 6.20 Å². The minimum absolute atomic E-state index is 0.349. The summed E-state index contributed by atoms with van der Waals surface area (Å²) < 4.78 is 0. The zero-order valence-electron chi connectivity index (χ0n) is 9.89. The highest BCUT2D eigenvalue weighted by atomic mass is 32.1. The van der Waals surface area contributed by atoms with Crippen molar-refractivity contribution in [2.75, 3.05) is 0 Å². The average molecular weight is 247 g/mol. The van der Waals surface area contributed by atoms with Crippen molar-refractivity contribution in [3.8, 4) is 0 Å². The van der Waals surface area contributed by atoms with E-state index in [1.54, 1.807) is 0 Å². The third kappa shape index (κ3) is 2.42. The van der Waals surface area contributed by atoms with Crippen LogP contribution in [-0.2, 0) is 0 Å². The normalized spacial score (nSPS) is 19.1. The molecule has 3 rings (SSSR count). The fourth-order valence-corrected chi connectivity index (χ4v) is 3.09. The molecule has 90 valence electrons. The number of hydrogen-bond acceptors (Lipinski definition) is 3. The maximum Gasteiger partial charge on any atom is 0.0534 e. The molecule has 1 aliphatic carbocycles. The first-order valence-corrected chi connectivity index (χ1v) is 7.00. The van der Waals surface area contributed by atoms with Crippen LogP contribution in [-0.4, -0.2) is 10.2 Å². The minimum Gasteiger partial charge on any atom is -0.302 e. The molecule has 0 spiro atoms. The summed E-state index contributed by atoms with van der Waals surface area (Å²) in [5.41, 5.74) is 1.23. The molecule has 0 bridgehead atoms. The van der Waals surface area contributed by atoms with Gasteiger partial charge in [-0.2, -0.15) is 5.10 Å². The molecule has 2 unspecified atom stereocenters. The van der Waals surface area contributed by atoms with Gasteiger partial charge in [0, 0.05) is 28.7 Å². The minimum atomic E-state index is 0.349. The first kappa shape index (κ1) is 11.0. The quantitative estimate of drug-likeness (QED) is 0.851. The van der Waals surface area contributed by atoms with E-state index < -0.39 is 0 Å².